The summed E-state index contributed by atoms with van der Waals surface area (Å²) in [5.41, 5.74) is 1.78. The van der Waals surface area contributed by atoms with Gasteiger partial charge in [-0.25, -0.2) is 0 Å². The van der Waals surface area contributed by atoms with E-state index >= 15 is 0 Å². The number of nitrogens with one attached hydrogen (secondary N) is 1. The number of nitrogens with zero attached hydrogens (tertiary/aromatic N) is 1. The van der Waals surface area contributed by atoms with Gasteiger partial charge in [0.15, 0.2) is 0 Å². The highest BCUT2D eigenvalue weighted by Crippen LogP contribution is 2.21. The first-order valence-electron chi connectivity index (χ1n) is 7.93. The second-order valence-electron chi connectivity index (χ2n) is 5.83. The number of benzene rings is 2. The van der Waals surface area contributed by atoms with Gasteiger partial charge in [-0.2, -0.15) is 0 Å². The molecule has 1 N–H and O–H groups in total. The van der Waals surface area contributed by atoms with E-state index in [-0.39, 0.29) is 17.9 Å². The third-order valence-corrected chi connectivity index (χ3v) is 4.08. The minimum Gasteiger partial charge on any atom is -0.497 e. The van der Waals surface area contributed by atoms with Crippen LogP contribution < -0.4 is 15.0 Å². The average Bonchev–Trinajstić information content (AvgIpc) is 2.96. The molecule has 1 atom stereocenters. The van der Waals surface area contributed by atoms with Crippen LogP contribution in [0.4, 0.5) is 5.69 Å². The van der Waals surface area contributed by atoms with E-state index in [9.17, 15) is 9.59 Å². The summed E-state index contributed by atoms with van der Waals surface area (Å²) in [5.74, 6) is 0.725. The van der Waals surface area contributed by atoms with Crippen LogP contribution in [0.1, 0.15) is 12.0 Å². The Balaban J connectivity index is 1.56. The van der Waals surface area contributed by atoms with Crippen molar-refractivity contribution >= 4 is 17.5 Å². The molecule has 0 saturated carbocycles. The minimum absolute atomic E-state index is 0.0379. The predicted octanol–water partition coefficient (Wildman–Crippen LogP) is 2.16. The Labute approximate surface area is 141 Å². The molecular weight excluding hydrogens is 304 g/mol. The van der Waals surface area contributed by atoms with Crippen molar-refractivity contribution in [2.45, 2.75) is 18.9 Å². The van der Waals surface area contributed by atoms with Gasteiger partial charge in [-0.1, -0.05) is 30.3 Å². The maximum Gasteiger partial charge on any atom is 0.229 e. The van der Waals surface area contributed by atoms with Crippen molar-refractivity contribution in [1.29, 1.82) is 0 Å². The normalized spacial score (nSPS) is 17.0. The van der Waals surface area contributed by atoms with Crippen LogP contribution >= 0.6 is 0 Å². The summed E-state index contributed by atoms with van der Waals surface area (Å²) < 4.78 is 5.10. The second kappa shape index (κ2) is 7.17. The van der Waals surface area contributed by atoms with Crippen LogP contribution in [0.15, 0.2) is 54.6 Å². The van der Waals surface area contributed by atoms with Crippen LogP contribution in [0, 0.1) is 0 Å². The fourth-order valence-corrected chi connectivity index (χ4v) is 2.87. The zero-order valence-corrected chi connectivity index (χ0v) is 13.6. The molecule has 5 nitrogen and oxygen atoms in total. The van der Waals surface area contributed by atoms with Gasteiger partial charge in [0.2, 0.25) is 11.8 Å². The molecule has 124 valence electrons. The van der Waals surface area contributed by atoms with Gasteiger partial charge in [0, 0.05) is 18.7 Å². The Hall–Kier alpha value is -2.82. The number of rotatable bonds is 5. The second-order valence-corrected chi connectivity index (χ2v) is 5.83. The van der Waals surface area contributed by atoms with Gasteiger partial charge in [-0.05, 0) is 29.8 Å². The lowest BCUT2D eigenvalue weighted by Gasteiger charge is -2.17. The molecular formula is C19H20N2O3. The first-order chi connectivity index (χ1) is 11.7. The molecule has 3 rings (SSSR count). The van der Waals surface area contributed by atoms with Crippen molar-refractivity contribution in [1.82, 2.24) is 5.32 Å². The maximum atomic E-state index is 12.2. The van der Waals surface area contributed by atoms with Gasteiger partial charge < -0.3 is 15.0 Å². The fourth-order valence-electron chi connectivity index (χ4n) is 2.87. The summed E-state index contributed by atoms with van der Waals surface area (Å²) in [7, 11) is 1.61. The summed E-state index contributed by atoms with van der Waals surface area (Å²) in [6, 6.07) is 16.8. The molecule has 2 amide bonds. The molecule has 0 radical (unpaired) electrons. The number of methoxy groups -OCH3 is 1. The van der Waals surface area contributed by atoms with Crippen molar-refractivity contribution in [2.24, 2.45) is 0 Å². The SMILES string of the molecule is COc1ccc(CC(=O)N[C@H]2CC(=O)N(c3ccccc3)C2)cc1. The molecule has 1 aliphatic heterocycles. The number of para-hydroxylation sites is 1. The van der Waals surface area contributed by atoms with Crippen molar-refractivity contribution < 1.29 is 14.3 Å². The smallest absolute Gasteiger partial charge is 0.229 e. The minimum atomic E-state index is -0.150. The van der Waals surface area contributed by atoms with Crippen LogP contribution in [0.2, 0.25) is 0 Å². The molecule has 1 fully saturated rings. The molecule has 24 heavy (non-hydrogen) atoms. The molecule has 0 aliphatic carbocycles. The van der Waals surface area contributed by atoms with Crippen molar-refractivity contribution in [3.8, 4) is 5.75 Å². The molecule has 2 aromatic rings. The Kier molecular flexibility index (Phi) is 4.79. The van der Waals surface area contributed by atoms with Crippen LogP contribution in [0.25, 0.3) is 0 Å². The van der Waals surface area contributed by atoms with Crippen LogP contribution in [0.3, 0.4) is 0 Å². The predicted molar refractivity (Wildman–Crippen MR) is 92.0 cm³/mol. The summed E-state index contributed by atoms with van der Waals surface area (Å²) >= 11 is 0. The topological polar surface area (TPSA) is 58.6 Å². The number of ether oxygens (including phenoxy) is 1. The van der Waals surface area contributed by atoms with E-state index in [2.05, 4.69) is 5.32 Å². The number of hydrogen-bond donors (Lipinski definition) is 1. The van der Waals surface area contributed by atoms with Gasteiger partial charge in [0.1, 0.15) is 5.75 Å². The lowest BCUT2D eigenvalue weighted by atomic mass is 10.1. The summed E-state index contributed by atoms with van der Waals surface area (Å²) in [5, 5.41) is 2.95. The van der Waals surface area contributed by atoms with E-state index in [1.54, 1.807) is 12.0 Å². The molecule has 0 spiro atoms. The van der Waals surface area contributed by atoms with E-state index in [0.29, 0.717) is 19.4 Å². The van der Waals surface area contributed by atoms with Crippen molar-refractivity contribution in [2.75, 3.05) is 18.6 Å². The van der Waals surface area contributed by atoms with Crippen LogP contribution in [-0.4, -0.2) is 31.5 Å². The molecule has 1 heterocycles. The Morgan fingerprint density at radius 2 is 1.88 bits per heavy atom. The third-order valence-electron chi connectivity index (χ3n) is 4.08. The molecule has 1 saturated heterocycles. The number of hydrogen-bond acceptors (Lipinski definition) is 3. The van der Waals surface area contributed by atoms with Crippen molar-refractivity contribution in [3.63, 3.8) is 0 Å². The van der Waals surface area contributed by atoms with E-state index in [0.717, 1.165) is 17.0 Å². The molecule has 0 bridgehead atoms. The van der Waals surface area contributed by atoms with E-state index in [1.165, 1.54) is 0 Å². The molecule has 2 aromatic carbocycles. The van der Waals surface area contributed by atoms with E-state index in [4.69, 9.17) is 4.74 Å². The van der Waals surface area contributed by atoms with Crippen LogP contribution in [0.5, 0.6) is 5.75 Å². The first kappa shape index (κ1) is 16.1. The largest absolute Gasteiger partial charge is 0.497 e. The average molecular weight is 324 g/mol. The maximum absolute atomic E-state index is 12.2. The van der Waals surface area contributed by atoms with E-state index in [1.807, 2.05) is 54.6 Å². The molecule has 0 unspecified atom stereocenters. The summed E-state index contributed by atoms with van der Waals surface area (Å²) in [4.78, 5) is 26.1. The van der Waals surface area contributed by atoms with Crippen molar-refractivity contribution in [3.05, 3.63) is 60.2 Å². The Bertz CT molecular complexity index is 713. The number of anilines is 1. The monoisotopic (exact) mass is 324 g/mol. The third kappa shape index (κ3) is 3.74. The fraction of sp³-hybridized carbons (Fsp3) is 0.263. The lowest BCUT2D eigenvalue weighted by Crippen LogP contribution is -2.38. The molecule has 1 aliphatic rings. The van der Waals surface area contributed by atoms with Gasteiger partial charge in [-0.3, -0.25) is 9.59 Å². The van der Waals surface area contributed by atoms with Gasteiger partial charge in [0.05, 0.1) is 19.6 Å². The van der Waals surface area contributed by atoms with Gasteiger partial charge >= 0.3 is 0 Å². The Morgan fingerprint density at radius 3 is 2.54 bits per heavy atom. The first-order valence-corrected chi connectivity index (χ1v) is 7.93. The van der Waals surface area contributed by atoms with Gasteiger partial charge in [0.25, 0.3) is 0 Å². The van der Waals surface area contributed by atoms with E-state index < -0.39 is 0 Å². The standard InChI is InChI=1S/C19H20N2O3/c1-24-17-9-7-14(8-10-17)11-18(22)20-15-12-19(23)21(13-15)16-5-3-2-4-6-16/h2-10,15H,11-13H2,1H3,(H,20,22)/t15-/m0/s1. The summed E-state index contributed by atoms with van der Waals surface area (Å²) in [6.07, 6.45) is 0.628. The highest BCUT2D eigenvalue weighted by Gasteiger charge is 2.31. The van der Waals surface area contributed by atoms with Crippen LogP contribution in [-0.2, 0) is 16.0 Å². The number of carbonyl (C=O) groups is 2. The number of carbonyl (C=O) groups excluding carboxylic acids is 2. The highest BCUT2D eigenvalue weighted by molar-refractivity contribution is 5.96. The molecule has 0 aromatic heterocycles. The quantitative estimate of drug-likeness (QED) is 0.917. The van der Waals surface area contributed by atoms with Gasteiger partial charge in [-0.15, -0.1) is 0 Å². The summed E-state index contributed by atoms with van der Waals surface area (Å²) in [6.45, 7) is 0.511. The number of amides is 2. The zero-order chi connectivity index (χ0) is 16.9. The zero-order valence-electron chi connectivity index (χ0n) is 13.6. The Morgan fingerprint density at radius 1 is 1.17 bits per heavy atom. The molecule has 5 heteroatoms. The highest BCUT2D eigenvalue weighted by atomic mass is 16.5. The lowest BCUT2D eigenvalue weighted by molar-refractivity contribution is -0.121.